The monoisotopic (exact) mass is 251 g/mol. The Labute approximate surface area is 108 Å². The van der Waals surface area contributed by atoms with Crippen molar-refractivity contribution in [2.24, 2.45) is 0 Å². The number of rotatable bonds is 3. The fourth-order valence-electron chi connectivity index (χ4n) is 2.69. The summed E-state index contributed by atoms with van der Waals surface area (Å²) in [6.45, 7) is 2.03. The Bertz CT molecular complexity index is 406. The molecule has 0 saturated heterocycles. The number of aromatic nitrogens is 3. The highest BCUT2D eigenvalue weighted by atomic mass is 16.5. The Hall–Kier alpha value is -1.39. The SMILES string of the molecule is CCc1c(C(=O)OC)nnn1C1CCCCCC1. The molecular weight excluding hydrogens is 230 g/mol. The highest BCUT2D eigenvalue weighted by Crippen LogP contribution is 2.28. The minimum absolute atomic E-state index is 0.379. The van der Waals surface area contributed by atoms with E-state index in [1.54, 1.807) is 0 Å². The van der Waals surface area contributed by atoms with Gasteiger partial charge in [0.1, 0.15) is 0 Å². The predicted octanol–water partition coefficient (Wildman–Crippen LogP) is 2.52. The third-order valence-corrected chi connectivity index (χ3v) is 3.68. The minimum Gasteiger partial charge on any atom is -0.464 e. The quantitative estimate of drug-likeness (QED) is 0.612. The van der Waals surface area contributed by atoms with Gasteiger partial charge in [0.15, 0.2) is 5.69 Å². The molecule has 0 aromatic carbocycles. The van der Waals surface area contributed by atoms with E-state index < -0.39 is 0 Å². The molecule has 0 amide bonds. The minimum atomic E-state index is -0.383. The third-order valence-electron chi connectivity index (χ3n) is 3.68. The van der Waals surface area contributed by atoms with Gasteiger partial charge >= 0.3 is 5.97 Å². The van der Waals surface area contributed by atoms with Gasteiger partial charge in [0.2, 0.25) is 0 Å². The first-order valence-corrected chi connectivity index (χ1v) is 6.80. The van der Waals surface area contributed by atoms with Crippen molar-refractivity contribution in [3.8, 4) is 0 Å². The van der Waals surface area contributed by atoms with Crippen LogP contribution in [0.25, 0.3) is 0 Å². The summed E-state index contributed by atoms with van der Waals surface area (Å²) in [5, 5.41) is 8.19. The first kappa shape index (κ1) is 13.1. The van der Waals surface area contributed by atoms with Gasteiger partial charge in [0.25, 0.3) is 0 Å². The van der Waals surface area contributed by atoms with Crippen LogP contribution in [0.1, 0.15) is 67.7 Å². The van der Waals surface area contributed by atoms with Crippen LogP contribution in [-0.2, 0) is 11.2 Å². The normalized spacial score (nSPS) is 17.4. The standard InChI is InChI=1S/C13H21N3O2/c1-3-11-12(13(17)18-2)14-15-16(11)10-8-6-4-5-7-9-10/h10H,3-9H2,1-2H3. The summed E-state index contributed by atoms with van der Waals surface area (Å²) in [6.07, 6.45) is 8.11. The molecule has 100 valence electrons. The number of carbonyl (C=O) groups is 1. The van der Waals surface area contributed by atoms with Crippen LogP contribution in [0.4, 0.5) is 0 Å². The van der Waals surface area contributed by atoms with Crippen molar-refractivity contribution in [1.82, 2.24) is 15.0 Å². The molecule has 1 aromatic rings. The van der Waals surface area contributed by atoms with E-state index in [1.165, 1.54) is 32.8 Å². The molecule has 1 heterocycles. The van der Waals surface area contributed by atoms with Crippen LogP contribution in [0.5, 0.6) is 0 Å². The summed E-state index contributed by atoms with van der Waals surface area (Å²) >= 11 is 0. The van der Waals surface area contributed by atoms with Gasteiger partial charge in [-0.2, -0.15) is 0 Å². The van der Waals surface area contributed by atoms with E-state index in [1.807, 2.05) is 11.6 Å². The van der Waals surface area contributed by atoms with E-state index >= 15 is 0 Å². The molecule has 5 nitrogen and oxygen atoms in total. The van der Waals surface area contributed by atoms with Crippen molar-refractivity contribution >= 4 is 5.97 Å². The number of hydrogen-bond donors (Lipinski definition) is 0. The molecule has 1 aliphatic carbocycles. The molecule has 1 aliphatic rings. The van der Waals surface area contributed by atoms with Gasteiger partial charge in [-0.1, -0.05) is 37.8 Å². The van der Waals surface area contributed by atoms with Gasteiger partial charge < -0.3 is 4.74 Å². The maximum atomic E-state index is 11.6. The Balaban J connectivity index is 2.26. The lowest BCUT2D eigenvalue weighted by molar-refractivity contribution is 0.0592. The number of esters is 1. The summed E-state index contributed by atoms with van der Waals surface area (Å²) in [6, 6.07) is 0.397. The number of ether oxygens (including phenoxy) is 1. The van der Waals surface area contributed by atoms with Gasteiger partial charge in [-0.05, 0) is 19.3 Å². The molecule has 0 radical (unpaired) electrons. The largest absolute Gasteiger partial charge is 0.464 e. The van der Waals surface area contributed by atoms with E-state index in [-0.39, 0.29) is 5.97 Å². The van der Waals surface area contributed by atoms with E-state index in [2.05, 4.69) is 10.3 Å². The number of methoxy groups -OCH3 is 1. The zero-order valence-electron chi connectivity index (χ0n) is 11.2. The lowest BCUT2D eigenvalue weighted by atomic mass is 10.1. The topological polar surface area (TPSA) is 57.0 Å². The second kappa shape index (κ2) is 5.98. The zero-order valence-corrected chi connectivity index (χ0v) is 11.2. The molecule has 18 heavy (non-hydrogen) atoms. The van der Waals surface area contributed by atoms with Crippen LogP contribution in [0.15, 0.2) is 0 Å². The van der Waals surface area contributed by atoms with Crippen LogP contribution in [0.2, 0.25) is 0 Å². The number of nitrogens with zero attached hydrogens (tertiary/aromatic N) is 3. The fraction of sp³-hybridized carbons (Fsp3) is 0.769. The summed E-state index contributed by atoms with van der Waals surface area (Å²) in [4.78, 5) is 11.6. The Morgan fingerprint density at radius 2 is 2.00 bits per heavy atom. The van der Waals surface area contributed by atoms with E-state index in [0.717, 1.165) is 25.0 Å². The maximum Gasteiger partial charge on any atom is 0.360 e. The molecule has 0 N–H and O–H groups in total. The Morgan fingerprint density at radius 1 is 1.33 bits per heavy atom. The lowest BCUT2D eigenvalue weighted by Crippen LogP contribution is -2.14. The average Bonchev–Trinajstić information content (AvgIpc) is 2.64. The van der Waals surface area contributed by atoms with E-state index in [0.29, 0.717) is 11.7 Å². The smallest absolute Gasteiger partial charge is 0.360 e. The Kier molecular flexibility index (Phi) is 4.33. The average molecular weight is 251 g/mol. The predicted molar refractivity (Wildman–Crippen MR) is 67.5 cm³/mol. The Morgan fingerprint density at radius 3 is 2.56 bits per heavy atom. The second-order valence-electron chi connectivity index (χ2n) is 4.82. The molecule has 1 saturated carbocycles. The van der Waals surface area contributed by atoms with Gasteiger partial charge in [0, 0.05) is 0 Å². The summed E-state index contributed by atoms with van der Waals surface area (Å²) in [7, 11) is 1.38. The van der Waals surface area contributed by atoms with Crippen molar-refractivity contribution in [2.75, 3.05) is 7.11 Å². The van der Waals surface area contributed by atoms with E-state index in [4.69, 9.17) is 4.74 Å². The molecule has 0 atom stereocenters. The van der Waals surface area contributed by atoms with E-state index in [9.17, 15) is 4.79 Å². The van der Waals surface area contributed by atoms with Crippen molar-refractivity contribution in [1.29, 1.82) is 0 Å². The molecule has 2 rings (SSSR count). The number of carbonyl (C=O) groups excluding carboxylic acids is 1. The molecule has 5 heteroatoms. The van der Waals surface area contributed by atoms with Crippen LogP contribution in [0, 0.1) is 0 Å². The van der Waals surface area contributed by atoms with Gasteiger partial charge in [0.05, 0.1) is 18.8 Å². The molecule has 0 spiro atoms. The second-order valence-corrected chi connectivity index (χ2v) is 4.82. The summed E-state index contributed by atoms with van der Waals surface area (Å²) in [5.41, 5.74) is 1.29. The highest BCUT2D eigenvalue weighted by molar-refractivity contribution is 5.88. The first-order valence-electron chi connectivity index (χ1n) is 6.80. The van der Waals surface area contributed by atoms with Crippen molar-refractivity contribution < 1.29 is 9.53 Å². The fourth-order valence-corrected chi connectivity index (χ4v) is 2.69. The number of hydrogen-bond acceptors (Lipinski definition) is 4. The van der Waals surface area contributed by atoms with Crippen LogP contribution >= 0.6 is 0 Å². The molecule has 1 aromatic heterocycles. The van der Waals surface area contributed by atoms with Crippen molar-refractivity contribution in [3.63, 3.8) is 0 Å². The van der Waals surface area contributed by atoms with Crippen molar-refractivity contribution in [2.45, 2.75) is 57.9 Å². The third kappa shape index (κ3) is 2.54. The van der Waals surface area contributed by atoms with Crippen LogP contribution in [-0.4, -0.2) is 28.1 Å². The van der Waals surface area contributed by atoms with Gasteiger partial charge in [-0.25, -0.2) is 9.48 Å². The molecule has 0 aliphatic heterocycles. The zero-order chi connectivity index (χ0) is 13.0. The lowest BCUT2D eigenvalue weighted by Gasteiger charge is -2.16. The molecule has 0 bridgehead atoms. The summed E-state index contributed by atoms with van der Waals surface area (Å²) < 4.78 is 6.71. The molecule has 0 unspecified atom stereocenters. The van der Waals surface area contributed by atoms with Gasteiger partial charge in [-0.15, -0.1) is 5.10 Å². The molecule has 1 fully saturated rings. The molecular formula is C13H21N3O2. The van der Waals surface area contributed by atoms with Crippen LogP contribution < -0.4 is 0 Å². The highest BCUT2D eigenvalue weighted by Gasteiger charge is 2.24. The first-order chi connectivity index (χ1) is 8.77. The maximum absolute atomic E-state index is 11.6. The van der Waals surface area contributed by atoms with Gasteiger partial charge in [-0.3, -0.25) is 0 Å². The van der Waals surface area contributed by atoms with Crippen LogP contribution in [0.3, 0.4) is 0 Å². The summed E-state index contributed by atoms with van der Waals surface area (Å²) in [5.74, 6) is -0.383. The van der Waals surface area contributed by atoms with Crippen molar-refractivity contribution in [3.05, 3.63) is 11.4 Å².